The van der Waals surface area contributed by atoms with E-state index in [9.17, 15) is 14.7 Å². The van der Waals surface area contributed by atoms with Crippen LogP contribution in [0.3, 0.4) is 0 Å². The summed E-state index contributed by atoms with van der Waals surface area (Å²) in [5.41, 5.74) is 0.822. The molecule has 0 bridgehead atoms. The number of carbonyl (C=O) groups is 2. The summed E-state index contributed by atoms with van der Waals surface area (Å²) in [6, 6.07) is 3.89. The molecule has 0 saturated heterocycles. The first-order chi connectivity index (χ1) is 14.2. The lowest BCUT2D eigenvalue weighted by molar-refractivity contribution is -0.112. The molecule has 1 amide bonds. The Balaban J connectivity index is 1.67. The van der Waals surface area contributed by atoms with E-state index in [2.05, 4.69) is 10.3 Å². The monoisotopic (exact) mass is 410 g/mol. The summed E-state index contributed by atoms with van der Waals surface area (Å²) in [6.07, 6.45) is 7.88. The molecule has 0 unspecified atom stereocenters. The lowest BCUT2D eigenvalue weighted by Gasteiger charge is -2.25. The van der Waals surface area contributed by atoms with Crippen molar-refractivity contribution in [2.24, 2.45) is 5.92 Å². The maximum atomic E-state index is 12.6. The molecule has 30 heavy (non-hydrogen) atoms. The van der Waals surface area contributed by atoms with E-state index in [4.69, 9.17) is 9.52 Å². The van der Waals surface area contributed by atoms with Gasteiger partial charge >= 0.3 is 0 Å². The SMILES string of the molecule is Cc1nc(C(=O)Nc2cc3cn([C@H]4CC[C@H](C=O)CC4)nc3cc2C(C)(C)O)co1. The Kier molecular flexibility index (Phi) is 5.19. The molecule has 2 heterocycles. The molecule has 2 N–H and O–H groups in total. The minimum absolute atomic E-state index is 0.148. The van der Waals surface area contributed by atoms with E-state index in [-0.39, 0.29) is 17.7 Å². The quantitative estimate of drug-likeness (QED) is 0.620. The number of aldehydes is 1. The van der Waals surface area contributed by atoms with Gasteiger partial charge in [0.2, 0.25) is 0 Å². The largest absolute Gasteiger partial charge is 0.448 e. The average molecular weight is 410 g/mol. The van der Waals surface area contributed by atoms with E-state index < -0.39 is 11.5 Å². The van der Waals surface area contributed by atoms with Crippen LogP contribution in [0.2, 0.25) is 0 Å². The lowest BCUT2D eigenvalue weighted by atomic mass is 9.87. The molecular weight excluding hydrogens is 384 g/mol. The third kappa shape index (κ3) is 4.00. The van der Waals surface area contributed by atoms with Crippen LogP contribution < -0.4 is 5.32 Å². The van der Waals surface area contributed by atoms with E-state index in [0.717, 1.165) is 42.9 Å². The molecule has 0 aliphatic heterocycles. The number of nitrogens with one attached hydrogen (secondary N) is 1. The molecule has 1 aliphatic rings. The molecular formula is C22H26N4O4. The third-order valence-electron chi connectivity index (χ3n) is 5.73. The summed E-state index contributed by atoms with van der Waals surface area (Å²) in [5.74, 6) is 0.148. The molecule has 2 aromatic heterocycles. The lowest BCUT2D eigenvalue weighted by Crippen LogP contribution is -2.21. The highest BCUT2D eigenvalue weighted by molar-refractivity contribution is 6.04. The van der Waals surface area contributed by atoms with Gasteiger partial charge in [-0.2, -0.15) is 5.10 Å². The molecule has 1 aliphatic carbocycles. The predicted molar refractivity (Wildman–Crippen MR) is 111 cm³/mol. The number of hydrogen-bond donors (Lipinski definition) is 2. The van der Waals surface area contributed by atoms with E-state index >= 15 is 0 Å². The van der Waals surface area contributed by atoms with Crippen molar-refractivity contribution in [3.8, 4) is 0 Å². The predicted octanol–water partition coefficient (Wildman–Crippen LogP) is 3.74. The highest BCUT2D eigenvalue weighted by Crippen LogP contribution is 2.35. The number of benzene rings is 1. The number of oxazole rings is 1. The molecule has 0 spiro atoms. The van der Waals surface area contributed by atoms with Crippen molar-refractivity contribution in [2.75, 3.05) is 5.32 Å². The van der Waals surface area contributed by atoms with Gasteiger partial charge in [-0.25, -0.2) is 4.98 Å². The van der Waals surface area contributed by atoms with E-state index in [1.165, 1.54) is 6.26 Å². The molecule has 1 saturated carbocycles. The van der Waals surface area contributed by atoms with Crippen molar-refractivity contribution in [2.45, 2.75) is 58.1 Å². The van der Waals surface area contributed by atoms with Gasteiger partial charge in [0.25, 0.3) is 5.91 Å². The Bertz CT molecular complexity index is 1080. The molecule has 3 aromatic rings. The number of aromatic nitrogens is 3. The zero-order chi connectivity index (χ0) is 21.5. The average Bonchev–Trinajstić information content (AvgIpc) is 3.32. The fraction of sp³-hybridized carbons (Fsp3) is 0.455. The van der Waals surface area contributed by atoms with Crippen molar-refractivity contribution in [1.29, 1.82) is 0 Å². The summed E-state index contributed by atoms with van der Waals surface area (Å²) in [7, 11) is 0. The van der Waals surface area contributed by atoms with Crippen LogP contribution in [0.4, 0.5) is 5.69 Å². The fourth-order valence-corrected chi connectivity index (χ4v) is 4.04. The molecule has 8 heteroatoms. The molecule has 8 nitrogen and oxygen atoms in total. The Morgan fingerprint density at radius 2 is 2.03 bits per heavy atom. The summed E-state index contributed by atoms with van der Waals surface area (Å²) in [4.78, 5) is 27.7. The third-order valence-corrected chi connectivity index (χ3v) is 5.73. The number of aliphatic hydroxyl groups is 1. The summed E-state index contributed by atoms with van der Waals surface area (Å²) < 4.78 is 7.07. The summed E-state index contributed by atoms with van der Waals surface area (Å²) in [6.45, 7) is 5.01. The number of carbonyl (C=O) groups excluding carboxylic acids is 2. The number of amides is 1. The van der Waals surface area contributed by atoms with Crippen LogP contribution in [0.5, 0.6) is 0 Å². The van der Waals surface area contributed by atoms with Gasteiger partial charge in [0.1, 0.15) is 12.5 Å². The van der Waals surface area contributed by atoms with Gasteiger partial charge in [0, 0.05) is 35.7 Å². The van der Waals surface area contributed by atoms with Gasteiger partial charge in [0.05, 0.1) is 17.2 Å². The van der Waals surface area contributed by atoms with Crippen molar-refractivity contribution in [3.63, 3.8) is 0 Å². The topological polar surface area (TPSA) is 110 Å². The maximum Gasteiger partial charge on any atom is 0.277 e. The van der Waals surface area contributed by atoms with Gasteiger partial charge in [-0.3, -0.25) is 9.48 Å². The van der Waals surface area contributed by atoms with E-state index in [1.807, 2.05) is 23.0 Å². The van der Waals surface area contributed by atoms with Crippen LogP contribution >= 0.6 is 0 Å². The normalized spacial score (nSPS) is 19.7. The van der Waals surface area contributed by atoms with E-state index in [1.54, 1.807) is 20.8 Å². The van der Waals surface area contributed by atoms with E-state index in [0.29, 0.717) is 17.1 Å². The number of nitrogens with zero attached hydrogens (tertiary/aromatic N) is 3. The second-order valence-electron chi connectivity index (χ2n) is 8.54. The first-order valence-corrected chi connectivity index (χ1v) is 10.2. The van der Waals surface area contributed by atoms with Crippen molar-refractivity contribution in [1.82, 2.24) is 14.8 Å². The molecule has 0 atom stereocenters. The minimum atomic E-state index is -1.18. The molecule has 1 aromatic carbocycles. The van der Waals surface area contributed by atoms with Crippen LogP contribution in [0.1, 0.15) is 67.5 Å². The van der Waals surface area contributed by atoms with Crippen molar-refractivity contribution >= 4 is 28.8 Å². The molecule has 0 radical (unpaired) electrons. The minimum Gasteiger partial charge on any atom is -0.448 e. The van der Waals surface area contributed by atoms with Crippen LogP contribution in [0.15, 0.2) is 29.0 Å². The van der Waals surface area contributed by atoms with Gasteiger partial charge in [-0.05, 0) is 51.7 Å². The van der Waals surface area contributed by atoms with Gasteiger partial charge in [0.15, 0.2) is 11.6 Å². The second kappa shape index (κ2) is 7.68. The number of aryl methyl sites for hydroxylation is 1. The van der Waals surface area contributed by atoms with Crippen LogP contribution in [0.25, 0.3) is 10.9 Å². The summed E-state index contributed by atoms with van der Waals surface area (Å²) >= 11 is 0. The zero-order valence-electron chi connectivity index (χ0n) is 17.4. The number of fused-ring (bicyclic) bond motifs is 1. The Hall–Kier alpha value is -3.00. The molecule has 1 fully saturated rings. The van der Waals surface area contributed by atoms with Crippen LogP contribution in [-0.4, -0.2) is 32.1 Å². The first kappa shape index (κ1) is 20.3. The Morgan fingerprint density at radius 1 is 1.30 bits per heavy atom. The second-order valence-corrected chi connectivity index (χ2v) is 8.54. The van der Waals surface area contributed by atoms with Crippen molar-refractivity contribution < 1.29 is 19.1 Å². The number of hydrogen-bond acceptors (Lipinski definition) is 6. The number of rotatable bonds is 5. The Labute approximate surface area is 174 Å². The van der Waals surface area contributed by atoms with Gasteiger partial charge in [-0.15, -0.1) is 0 Å². The Morgan fingerprint density at radius 3 is 2.63 bits per heavy atom. The molecule has 158 valence electrons. The smallest absolute Gasteiger partial charge is 0.277 e. The van der Waals surface area contributed by atoms with Crippen LogP contribution in [0, 0.1) is 12.8 Å². The van der Waals surface area contributed by atoms with Gasteiger partial charge in [-0.1, -0.05) is 0 Å². The van der Waals surface area contributed by atoms with Crippen molar-refractivity contribution in [3.05, 3.63) is 41.7 Å². The molecule has 4 rings (SSSR count). The maximum absolute atomic E-state index is 12.6. The number of anilines is 1. The van der Waals surface area contributed by atoms with Gasteiger partial charge < -0.3 is 19.6 Å². The van der Waals surface area contributed by atoms with Crippen LogP contribution in [-0.2, 0) is 10.4 Å². The highest BCUT2D eigenvalue weighted by atomic mass is 16.3. The zero-order valence-corrected chi connectivity index (χ0v) is 17.4. The highest BCUT2D eigenvalue weighted by Gasteiger charge is 2.26. The first-order valence-electron chi connectivity index (χ1n) is 10.2. The fourth-order valence-electron chi connectivity index (χ4n) is 4.04. The standard InChI is InChI=1S/C22H26N4O4/c1-13-23-20(12-30-13)21(28)24-19-8-15-10-26(16-6-4-14(11-27)5-7-16)25-18(15)9-17(19)22(2,3)29/h8-12,14,16,29H,4-7H2,1-3H3,(H,24,28)/t14-,16-. The summed E-state index contributed by atoms with van der Waals surface area (Å²) in [5, 5.41) is 19.1.